The number of carbonyl (C=O) groups is 1. The molecule has 0 saturated heterocycles. The zero-order valence-corrected chi connectivity index (χ0v) is 9.53. The van der Waals surface area contributed by atoms with Crippen molar-refractivity contribution < 1.29 is 9.90 Å². The van der Waals surface area contributed by atoms with Crippen LogP contribution in [0.3, 0.4) is 0 Å². The van der Waals surface area contributed by atoms with Gasteiger partial charge in [0.05, 0.1) is 23.1 Å². The number of anilines is 1. The van der Waals surface area contributed by atoms with Gasteiger partial charge in [-0.25, -0.2) is 0 Å². The first-order chi connectivity index (χ1) is 7.54. The number of nitrogens with two attached hydrogens (primary N) is 1. The van der Waals surface area contributed by atoms with Crippen molar-refractivity contribution in [2.75, 3.05) is 12.3 Å². The third-order valence-corrected chi connectivity index (χ3v) is 2.29. The second kappa shape index (κ2) is 5.46. The topological polar surface area (TPSA) is 88.2 Å². The molecule has 5 heteroatoms. The van der Waals surface area contributed by atoms with Gasteiger partial charge in [0.15, 0.2) is 0 Å². The van der Waals surface area contributed by atoms with Crippen LogP contribution in [0.15, 0.2) is 12.3 Å². The molecule has 1 unspecified atom stereocenters. The molecule has 0 aliphatic carbocycles. The summed E-state index contributed by atoms with van der Waals surface area (Å²) in [5, 5.41) is 11.5. The number of rotatable bonds is 4. The van der Waals surface area contributed by atoms with E-state index in [0.717, 1.165) is 0 Å². The largest absolute Gasteiger partial charge is 0.397 e. The molecule has 4 N–H and O–H groups in total. The minimum atomic E-state index is -0.210. The van der Waals surface area contributed by atoms with Crippen molar-refractivity contribution in [2.45, 2.75) is 26.3 Å². The number of nitrogen functional groups attached to an aromatic ring is 1. The highest BCUT2D eigenvalue weighted by Gasteiger charge is 2.12. The Bertz CT molecular complexity index is 379. The second-order valence-corrected chi connectivity index (χ2v) is 3.79. The summed E-state index contributed by atoms with van der Waals surface area (Å²) < 4.78 is 0. The Labute approximate surface area is 94.7 Å². The summed E-state index contributed by atoms with van der Waals surface area (Å²) in [4.78, 5) is 15.8. The Morgan fingerprint density at radius 2 is 2.38 bits per heavy atom. The average molecular weight is 223 g/mol. The van der Waals surface area contributed by atoms with Crippen LogP contribution in [0.1, 0.15) is 29.4 Å². The zero-order chi connectivity index (χ0) is 12.1. The maximum Gasteiger partial charge on any atom is 0.253 e. The van der Waals surface area contributed by atoms with E-state index in [4.69, 9.17) is 10.8 Å². The number of aliphatic hydroxyl groups is 1. The SMILES string of the molecule is Cc1ncc(N)cc1C(=O)NC(C)CCO. The standard InChI is InChI=1S/C11H17N3O2/c1-7(3-4-15)14-11(16)10-5-9(12)6-13-8(10)2/h5-7,15H,3-4,12H2,1-2H3,(H,14,16). The molecule has 88 valence electrons. The van der Waals surface area contributed by atoms with E-state index in [2.05, 4.69) is 10.3 Å². The van der Waals surface area contributed by atoms with Crippen molar-refractivity contribution in [3.8, 4) is 0 Å². The number of amides is 1. The molecule has 1 atom stereocenters. The lowest BCUT2D eigenvalue weighted by molar-refractivity contribution is 0.0933. The molecule has 0 aliphatic rings. The van der Waals surface area contributed by atoms with Crippen LogP contribution in [0.25, 0.3) is 0 Å². The van der Waals surface area contributed by atoms with Gasteiger partial charge < -0.3 is 16.2 Å². The van der Waals surface area contributed by atoms with E-state index in [0.29, 0.717) is 23.4 Å². The maximum atomic E-state index is 11.8. The molecule has 1 heterocycles. The highest BCUT2D eigenvalue weighted by Crippen LogP contribution is 2.09. The van der Waals surface area contributed by atoms with Crippen LogP contribution in [-0.2, 0) is 0 Å². The molecule has 0 aromatic carbocycles. The molecule has 0 fully saturated rings. The summed E-state index contributed by atoms with van der Waals surface area (Å²) in [6, 6.07) is 1.53. The summed E-state index contributed by atoms with van der Waals surface area (Å²) in [5.74, 6) is -0.210. The summed E-state index contributed by atoms with van der Waals surface area (Å²) in [6.07, 6.45) is 2.05. The molecule has 1 aromatic heterocycles. The van der Waals surface area contributed by atoms with Gasteiger partial charge >= 0.3 is 0 Å². The van der Waals surface area contributed by atoms with Crippen molar-refractivity contribution in [3.63, 3.8) is 0 Å². The zero-order valence-electron chi connectivity index (χ0n) is 9.53. The second-order valence-electron chi connectivity index (χ2n) is 3.79. The summed E-state index contributed by atoms with van der Waals surface area (Å²) in [6.45, 7) is 3.64. The number of hydrogen-bond donors (Lipinski definition) is 3. The Morgan fingerprint density at radius 3 is 3.00 bits per heavy atom. The predicted octanol–water partition coefficient (Wildman–Crippen LogP) is 0.473. The van der Waals surface area contributed by atoms with Gasteiger partial charge in [-0.2, -0.15) is 0 Å². The number of aromatic nitrogens is 1. The van der Waals surface area contributed by atoms with Crippen molar-refractivity contribution in [1.82, 2.24) is 10.3 Å². The van der Waals surface area contributed by atoms with E-state index in [1.54, 1.807) is 13.0 Å². The molecule has 0 bridgehead atoms. The van der Waals surface area contributed by atoms with Gasteiger partial charge in [-0.3, -0.25) is 9.78 Å². The summed E-state index contributed by atoms with van der Waals surface area (Å²) in [5.41, 5.74) is 7.15. The molecule has 1 amide bonds. The van der Waals surface area contributed by atoms with Gasteiger partial charge in [-0.1, -0.05) is 0 Å². The van der Waals surface area contributed by atoms with E-state index in [1.165, 1.54) is 6.20 Å². The molecular formula is C11H17N3O2. The Balaban J connectivity index is 2.76. The van der Waals surface area contributed by atoms with E-state index in [1.807, 2.05) is 6.92 Å². The molecule has 0 aliphatic heterocycles. The van der Waals surface area contributed by atoms with Gasteiger partial charge in [0.1, 0.15) is 0 Å². The number of hydrogen-bond acceptors (Lipinski definition) is 4. The lowest BCUT2D eigenvalue weighted by Gasteiger charge is -2.13. The number of nitrogens with one attached hydrogen (secondary N) is 1. The smallest absolute Gasteiger partial charge is 0.253 e. The van der Waals surface area contributed by atoms with Crippen LogP contribution in [0, 0.1) is 6.92 Å². The first kappa shape index (κ1) is 12.4. The first-order valence-corrected chi connectivity index (χ1v) is 5.18. The van der Waals surface area contributed by atoms with Crippen LogP contribution in [-0.4, -0.2) is 28.6 Å². The number of aryl methyl sites for hydroxylation is 1. The molecule has 0 spiro atoms. The van der Waals surface area contributed by atoms with Gasteiger partial charge in [0, 0.05) is 12.6 Å². The Morgan fingerprint density at radius 1 is 1.69 bits per heavy atom. The van der Waals surface area contributed by atoms with Crippen LogP contribution < -0.4 is 11.1 Å². The summed E-state index contributed by atoms with van der Waals surface area (Å²) >= 11 is 0. The number of carbonyl (C=O) groups excluding carboxylic acids is 1. The third-order valence-electron chi connectivity index (χ3n) is 2.29. The lowest BCUT2D eigenvalue weighted by atomic mass is 10.1. The van der Waals surface area contributed by atoms with E-state index < -0.39 is 0 Å². The highest BCUT2D eigenvalue weighted by atomic mass is 16.3. The minimum Gasteiger partial charge on any atom is -0.397 e. The van der Waals surface area contributed by atoms with Crippen LogP contribution in [0.5, 0.6) is 0 Å². The van der Waals surface area contributed by atoms with Gasteiger partial charge in [0.2, 0.25) is 0 Å². The number of aliphatic hydroxyl groups excluding tert-OH is 1. The minimum absolute atomic E-state index is 0.0512. The summed E-state index contributed by atoms with van der Waals surface area (Å²) in [7, 11) is 0. The molecule has 5 nitrogen and oxygen atoms in total. The third kappa shape index (κ3) is 3.20. The van der Waals surface area contributed by atoms with Crippen molar-refractivity contribution in [2.24, 2.45) is 0 Å². The van der Waals surface area contributed by atoms with E-state index in [-0.39, 0.29) is 18.6 Å². The normalized spacial score (nSPS) is 12.2. The number of pyridine rings is 1. The van der Waals surface area contributed by atoms with Gasteiger partial charge in [-0.15, -0.1) is 0 Å². The van der Waals surface area contributed by atoms with E-state index in [9.17, 15) is 4.79 Å². The first-order valence-electron chi connectivity index (χ1n) is 5.18. The number of nitrogens with zero attached hydrogens (tertiary/aromatic N) is 1. The predicted molar refractivity (Wildman–Crippen MR) is 62.0 cm³/mol. The Hall–Kier alpha value is -1.62. The fourth-order valence-corrected chi connectivity index (χ4v) is 1.35. The molecule has 16 heavy (non-hydrogen) atoms. The fraction of sp³-hybridized carbons (Fsp3) is 0.455. The van der Waals surface area contributed by atoms with Gasteiger partial charge in [0.25, 0.3) is 5.91 Å². The molecule has 1 aromatic rings. The van der Waals surface area contributed by atoms with Crippen LogP contribution in [0.4, 0.5) is 5.69 Å². The van der Waals surface area contributed by atoms with Crippen molar-refractivity contribution in [3.05, 3.63) is 23.5 Å². The van der Waals surface area contributed by atoms with Gasteiger partial charge in [-0.05, 0) is 26.3 Å². The van der Waals surface area contributed by atoms with E-state index >= 15 is 0 Å². The molecule has 0 saturated carbocycles. The molecule has 1 rings (SSSR count). The maximum absolute atomic E-state index is 11.8. The Kier molecular flexibility index (Phi) is 4.25. The molecular weight excluding hydrogens is 206 g/mol. The van der Waals surface area contributed by atoms with Crippen molar-refractivity contribution in [1.29, 1.82) is 0 Å². The monoisotopic (exact) mass is 223 g/mol. The van der Waals surface area contributed by atoms with Crippen molar-refractivity contribution >= 4 is 11.6 Å². The molecule has 0 radical (unpaired) electrons. The lowest BCUT2D eigenvalue weighted by Crippen LogP contribution is -2.33. The van der Waals surface area contributed by atoms with Crippen LogP contribution in [0.2, 0.25) is 0 Å². The van der Waals surface area contributed by atoms with Crippen LogP contribution >= 0.6 is 0 Å². The fourth-order valence-electron chi connectivity index (χ4n) is 1.35. The highest BCUT2D eigenvalue weighted by molar-refractivity contribution is 5.96. The quantitative estimate of drug-likeness (QED) is 0.692. The average Bonchev–Trinajstić information content (AvgIpc) is 2.21.